The summed E-state index contributed by atoms with van der Waals surface area (Å²) in [6, 6.07) is 9.06. The molecule has 1 heterocycles. The van der Waals surface area contributed by atoms with E-state index < -0.39 is 0 Å². The number of hydrogen-bond acceptors (Lipinski definition) is 3. The summed E-state index contributed by atoms with van der Waals surface area (Å²) in [7, 11) is 0. The number of carbonyl (C=O) groups is 2. The number of amides is 2. The molecule has 0 aliphatic rings. The second-order valence-electron chi connectivity index (χ2n) is 6.49. The van der Waals surface area contributed by atoms with Gasteiger partial charge in [-0.05, 0) is 50.5 Å². The van der Waals surface area contributed by atoms with Gasteiger partial charge >= 0.3 is 0 Å². The number of anilines is 1. The first-order valence-electron chi connectivity index (χ1n) is 9.10. The third-order valence-corrected chi connectivity index (χ3v) is 4.15. The van der Waals surface area contributed by atoms with Crippen LogP contribution in [0.5, 0.6) is 0 Å². The number of nitrogens with zero attached hydrogens (tertiary/aromatic N) is 2. The van der Waals surface area contributed by atoms with Gasteiger partial charge in [0.15, 0.2) is 0 Å². The average Bonchev–Trinajstić information content (AvgIpc) is 2.63. The first-order chi connectivity index (χ1) is 12.5. The molecule has 2 amide bonds. The van der Waals surface area contributed by atoms with Crippen molar-refractivity contribution < 1.29 is 9.59 Å². The molecule has 0 radical (unpaired) electrons. The number of hydrogen-bond donors (Lipinski definition) is 1. The number of pyridine rings is 1. The molecule has 5 heteroatoms. The van der Waals surface area contributed by atoms with Gasteiger partial charge in [-0.25, -0.2) is 0 Å². The van der Waals surface area contributed by atoms with Gasteiger partial charge in [0, 0.05) is 30.5 Å². The van der Waals surface area contributed by atoms with Gasteiger partial charge in [0.1, 0.15) is 5.69 Å². The smallest absolute Gasteiger partial charge is 0.272 e. The molecule has 0 aliphatic carbocycles. The van der Waals surface area contributed by atoms with Crippen molar-refractivity contribution >= 4 is 17.5 Å². The van der Waals surface area contributed by atoms with Crippen LogP contribution in [0.4, 0.5) is 5.69 Å². The van der Waals surface area contributed by atoms with E-state index in [4.69, 9.17) is 0 Å². The lowest BCUT2D eigenvalue weighted by Gasteiger charge is -2.21. The number of rotatable bonds is 7. The summed E-state index contributed by atoms with van der Waals surface area (Å²) in [5.74, 6) is -0.374. The second kappa shape index (κ2) is 9.13. The van der Waals surface area contributed by atoms with E-state index in [2.05, 4.69) is 10.3 Å². The Kier molecular flexibility index (Phi) is 6.89. The van der Waals surface area contributed by atoms with Crippen LogP contribution in [0.25, 0.3) is 0 Å². The summed E-state index contributed by atoms with van der Waals surface area (Å²) < 4.78 is 0. The summed E-state index contributed by atoms with van der Waals surface area (Å²) in [5, 5.41) is 2.91. The maximum atomic E-state index is 12.7. The predicted molar refractivity (Wildman–Crippen MR) is 105 cm³/mol. The van der Waals surface area contributed by atoms with Crippen molar-refractivity contribution in [2.24, 2.45) is 0 Å². The molecule has 0 spiro atoms. The summed E-state index contributed by atoms with van der Waals surface area (Å²) in [6.07, 6.45) is 3.29. The van der Waals surface area contributed by atoms with E-state index in [1.807, 2.05) is 45.9 Å². The zero-order valence-corrected chi connectivity index (χ0v) is 16.0. The standard InChI is InChI=1S/C21H27N3O2/c1-5-11-24(12-6-2)21(26)19-14-17(9-10-22-19)20(25)23-18-8-7-15(3)13-16(18)4/h7-10,13-14H,5-6,11-12H2,1-4H3,(H,23,25). The molecule has 0 atom stereocenters. The molecule has 0 bridgehead atoms. The molecule has 26 heavy (non-hydrogen) atoms. The normalized spacial score (nSPS) is 10.5. The lowest BCUT2D eigenvalue weighted by Crippen LogP contribution is -2.33. The van der Waals surface area contributed by atoms with Crippen LogP contribution in [0.1, 0.15) is 58.7 Å². The van der Waals surface area contributed by atoms with E-state index in [1.165, 1.54) is 6.20 Å². The fraction of sp³-hybridized carbons (Fsp3) is 0.381. The van der Waals surface area contributed by atoms with Crippen LogP contribution in [0, 0.1) is 13.8 Å². The third kappa shape index (κ3) is 4.91. The van der Waals surface area contributed by atoms with Gasteiger partial charge in [-0.2, -0.15) is 0 Å². The maximum Gasteiger partial charge on any atom is 0.272 e. The van der Waals surface area contributed by atoms with Crippen molar-refractivity contribution in [3.8, 4) is 0 Å². The van der Waals surface area contributed by atoms with Crippen LogP contribution in [0.15, 0.2) is 36.5 Å². The van der Waals surface area contributed by atoms with Gasteiger partial charge in [0.25, 0.3) is 11.8 Å². The highest BCUT2D eigenvalue weighted by Gasteiger charge is 2.17. The summed E-state index contributed by atoms with van der Waals surface area (Å²) in [4.78, 5) is 31.2. The van der Waals surface area contributed by atoms with Crippen molar-refractivity contribution in [2.45, 2.75) is 40.5 Å². The fourth-order valence-electron chi connectivity index (χ4n) is 2.85. The summed E-state index contributed by atoms with van der Waals surface area (Å²) >= 11 is 0. The highest BCUT2D eigenvalue weighted by molar-refractivity contribution is 6.06. The van der Waals surface area contributed by atoms with Gasteiger partial charge in [-0.1, -0.05) is 31.5 Å². The molecular formula is C21H27N3O2. The van der Waals surface area contributed by atoms with Crippen molar-refractivity contribution in [3.63, 3.8) is 0 Å². The van der Waals surface area contributed by atoms with Crippen LogP contribution >= 0.6 is 0 Å². The van der Waals surface area contributed by atoms with E-state index in [1.54, 1.807) is 17.0 Å². The Balaban J connectivity index is 2.19. The quantitative estimate of drug-likeness (QED) is 0.811. The Bertz CT molecular complexity index is 781. The second-order valence-corrected chi connectivity index (χ2v) is 6.49. The number of carbonyl (C=O) groups excluding carboxylic acids is 2. The van der Waals surface area contributed by atoms with Gasteiger partial charge in [-0.15, -0.1) is 0 Å². The molecule has 2 aromatic rings. The third-order valence-electron chi connectivity index (χ3n) is 4.15. The molecule has 0 saturated carbocycles. The highest BCUT2D eigenvalue weighted by atomic mass is 16.2. The highest BCUT2D eigenvalue weighted by Crippen LogP contribution is 2.17. The monoisotopic (exact) mass is 353 g/mol. The van der Waals surface area contributed by atoms with Crippen LogP contribution in [-0.2, 0) is 0 Å². The maximum absolute atomic E-state index is 12.7. The summed E-state index contributed by atoms with van der Waals surface area (Å²) in [6.45, 7) is 9.42. The predicted octanol–water partition coefficient (Wildman–Crippen LogP) is 4.21. The minimum absolute atomic E-state index is 0.130. The first kappa shape index (κ1) is 19.6. The Morgan fingerprint density at radius 3 is 2.35 bits per heavy atom. The number of nitrogens with one attached hydrogen (secondary N) is 1. The molecule has 1 aromatic carbocycles. The lowest BCUT2D eigenvalue weighted by atomic mass is 10.1. The molecule has 2 rings (SSSR count). The topological polar surface area (TPSA) is 62.3 Å². The van der Waals surface area contributed by atoms with E-state index in [0.717, 1.165) is 29.7 Å². The van der Waals surface area contributed by atoms with Crippen LogP contribution in [0.2, 0.25) is 0 Å². The Labute approximate surface area is 155 Å². The minimum Gasteiger partial charge on any atom is -0.337 e. The molecule has 5 nitrogen and oxygen atoms in total. The van der Waals surface area contributed by atoms with Crippen molar-refractivity contribution in [2.75, 3.05) is 18.4 Å². The van der Waals surface area contributed by atoms with E-state index in [-0.39, 0.29) is 11.8 Å². The van der Waals surface area contributed by atoms with Crippen LogP contribution < -0.4 is 5.32 Å². The van der Waals surface area contributed by atoms with E-state index in [9.17, 15) is 9.59 Å². The van der Waals surface area contributed by atoms with Crippen molar-refractivity contribution in [1.82, 2.24) is 9.88 Å². The minimum atomic E-state index is -0.245. The van der Waals surface area contributed by atoms with Crippen molar-refractivity contribution in [3.05, 3.63) is 58.9 Å². The molecule has 0 aliphatic heterocycles. The Morgan fingerprint density at radius 2 is 1.73 bits per heavy atom. The van der Waals surface area contributed by atoms with Gasteiger partial charge in [-0.3, -0.25) is 14.6 Å². The number of aromatic nitrogens is 1. The molecule has 1 N–H and O–H groups in total. The molecular weight excluding hydrogens is 326 g/mol. The Hall–Kier alpha value is -2.69. The molecule has 0 fully saturated rings. The van der Waals surface area contributed by atoms with Crippen LogP contribution in [0.3, 0.4) is 0 Å². The van der Waals surface area contributed by atoms with Gasteiger partial charge in [0.2, 0.25) is 0 Å². The van der Waals surface area contributed by atoms with E-state index in [0.29, 0.717) is 24.3 Å². The van der Waals surface area contributed by atoms with Gasteiger partial charge < -0.3 is 10.2 Å². The first-order valence-corrected chi connectivity index (χ1v) is 9.10. The van der Waals surface area contributed by atoms with Crippen molar-refractivity contribution in [1.29, 1.82) is 0 Å². The van der Waals surface area contributed by atoms with Crippen LogP contribution in [-0.4, -0.2) is 34.8 Å². The van der Waals surface area contributed by atoms with E-state index >= 15 is 0 Å². The lowest BCUT2D eigenvalue weighted by molar-refractivity contribution is 0.0749. The zero-order chi connectivity index (χ0) is 19.1. The molecule has 1 aromatic heterocycles. The SMILES string of the molecule is CCCN(CCC)C(=O)c1cc(C(=O)Nc2ccc(C)cc2C)ccn1. The average molecular weight is 353 g/mol. The number of aryl methyl sites for hydroxylation is 2. The summed E-state index contributed by atoms with van der Waals surface area (Å²) in [5.41, 5.74) is 3.64. The number of benzene rings is 1. The molecule has 0 unspecified atom stereocenters. The zero-order valence-electron chi connectivity index (χ0n) is 16.0. The Morgan fingerprint density at radius 1 is 1.04 bits per heavy atom. The fourth-order valence-corrected chi connectivity index (χ4v) is 2.85. The molecule has 138 valence electrons. The largest absolute Gasteiger partial charge is 0.337 e. The molecule has 0 saturated heterocycles. The van der Waals surface area contributed by atoms with Gasteiger partial charge in [0.05, 0.1) is 0 Å².